The van der Waals surface area contributed by atoms with Gasteiger partial charge in [0.25, 0.3) is 5.91 Å². The third kappa shape index (κ3) is 5.60. The lowest BCUT2D eigenvalue weighted by molar-refractivity contribution is 0.0712. The summed E-state index contributed by atoms with van der Waals surface area (Å²) < 4.78 is 28.7. The highest BCUT2D eigenvalue weighted by Crippen LogP contribution is 2.30. The molecule has 0 saturated heterocycles. The average molecular weight is 493 g/mol. The Morgan fingerprint density at radius 2 is 1.86 bits per heavy atom. The fourth-order valence-electron chi connectivity index (χ4n) is 3.67. The summed E-state index contributed by atoms with van der Waals surface area (Å²) in [4.78, 5) is 28.9. The van der Waals surface area contributed by atoms with Gasteiger partial charge in [-0.25, -0.2) is 9.18 Å². The van der Waals surface area contributed by atoms with Gasteiger partial charge < -0.3 is 19.5 Å². The van der Waals surface area contributed by atoms with Crippen molar-refractivity contribution in [1.29, 1.82) is 0 Å². The number of rotatable bonds is 9. The van der Waals surface area contributed by atoms with Gasteiger partial charge in [0, 0.05) is 29.2 Å². The quantitative estimate of drug-likeness (QED) is 0.461. The fraction of sp³-hybridized carbons (Fsp3) is 0.231. The molecule has 0 aliphatic carbocycles. The number of pyridine rings is 1. The van der Waals surface area contributed by atoms with Crippen LogP contribution in [0.4, 0.5) is 14.9 Å². The zero-order valence-corrected chi connectivity index (χ0v) is 19.8. The minimum absolute atomic E-state index is 0.154. The van der Waals surface area contributed by atoms with Gasteiger partial charge in [-0.2, -0.15) is 10.1 Å². The summed E-state index contributed by atoms with van der Waals surface area (Å²) in [6.07, 6.45) is 2.47. The molecule has 36 heavy (non-hydrogen) atoms. The molecule has 1 N–H and O–H groups in total. The van der Waals surface area contributed by atoms with E-state index >= 15 is 0 Å². The second kappa shape index (κ2) is 11.3. The Morgan fingerprint density at radius 3 is 2.53 bits per heavy atom. The first kappa shape index (κ1) is 24.6. The Kier molecular flexibility index (Phi) is 7.74. The first-order valence-corrected chi connectivity index (χ1v) is 11.3. The maximum absolute atomic E-state index is 12.8. The number of cyclic esters (lactones) is 1. The lowest BCUT2D eigenvalue weighted by atomic mass is 10.0. The Morgan fingerprint density at radius 1 is 1.11 bits per heavy atom. The predicted octanol–water partition coefficient (Wildman–Crippen LogP) is 4.78. The van der Waals surface area contributed by atoms with Crippen molar-refractivity contribution in [2.45, 2.75) is 26.0 Å². The highest BCUT2D eigenvalue weighted by molar-refractivity contribution is 6.06. The number of alkyl halides is 1. The van der Waals surface area contributed by atoms with Crippen molar-refractivity contribution in [2.75, 3.05) is 19.3 Å². The molecule has 1 aromatic heterocycles. The monoisotopic (exact) mass is 492 g/mol. The van der Waals surface area contributed by atoms with E-state index in [9.17, 15) is 14.0 Å². The number of hydrazone groups is 1. The Balaban J connectivity index is 1.52. The largest absolute Gasteiger partial charge is 0.493 e. The number of amides is 2. The van der Waals surface area contributed by atoms with Crippen LogP contribution < -0.4 is 14.8 Å². The van der Waals surface area contributed by atoms with E-state index in [0.717, 1.165) is 5.56 Å². The second-order valence-corrected chi connectivity index (χ2v) is 7.83. The van der Waals surface area contributed by atoms with Crippen LogP contribution in [0.25, 0.3) is 0 Å². The van der Waals surface area contributed by atoms with Crippen LogP contribution in [0, 0.1) is 0 Å². The third-order valence-electron chi connectivity index (χ3n) is 5.51. The van der Waals surface area contributed by atoms with E-state index in [1.165, 1.54) is 12.1 Å². The van der Waals surface area contributed by atoms with Gasteiger partial charge in [0.05, 0.1) is 13.7 Å². The molecule has 0 saturated carbocycles. The van der Waals surface area contributed by atoms with Crippen molar-refractivity contribution in [1.82, 2.24) is 9.99 Å². The Hall–Kier alpha value is -4.47. The summed E-state index contributed by atoms with van der Waals surface area (Å²) in [5.74, 6) is 0.355. The zero-order chi connectivity index (χ0) is 25.5. The molecule has 9 nitrogen and oxygen atoms in total. The molecule has 3 aromatic rings. The summed E-state index contributed by atoms with van der Waals surface area (Å²) in [5.41, 5.74) is 3.03. The van der Waals surface area contributed by atoms with Gasteiger partial charge in [-0.05, 0) is 54.4 Å². The van der Waals surface area contributed by atoms with Crippen molar-refractivity contribution < 1.29 is 28.2 Å². The topological polar surface area (TPSA) is 102 Å². The molecule has 2 amide bonds. The molecule has 1 atom stereocenters. The molecule has 4 rings (SSSR count). The van der Waals surface area contributed by atoms with Gasteiger partial charge in [-0.15, -0.1) is 0 Å². The number of anilines is 1. The second-order valence-electron chi connectivity index (χ2n) is 7.83. The number of halogens is 1. The van der Waals surface area contributed by atoms with Gasteiger partial charge in [0.2, 0.25) is 6.86 Å². The van der Waals surface area contributed by atoms with E-state index < -0.39 is 19.1 Å². The van der Waals surface area contributed by atoms with E-state index in [2.05, 4.69) is 15.4 Å². The van der Waals surface area contributed by atoms with Crippen LogP contribution in [-0.2, 0) is 11.3 Å². The zero-order valence-electron chi connectivity index (χ0n) is 19.8. The summed E-state index contributed by atoms with van der Waals surface area (Å²) in [7, 11) is 1.46. The first-order valence-electron chi connectivity index (χ1n) is 11.3. The van der Waals surface area contributed by atoms with Crippen LogP contribution in [0.5, 0.6) is 11.5 Å². The number of benzene rings is 2. The maximum atomic E-state index is 12.8. The molecule has 1 aliphatic rings. The number of hydrogen-bond donors (Lipinski definition) is 1. The highest BCUT2D eigenvalue weighted by atomic mass is 19.1. The fourth-order valence-corrected chi connectivity index (χ4v) is 3.67. The van der Waals surface area contributed by atoms with Crippen LogP contribution in [0.1, 0.15) is 34.8 Å². The molecule has 1 aliphatic heterocycles. The maximum Gasteiger partial charge on any atom is 0.431 e. The summed E-state index contributed by atoms with van der Waals surface area (Å²) in [6.45, 7) is 1.02. The van der Waals surface area contributed by atoms with Crippen molar-refractivity contribution in [3.8, 4) is 11.5 Å². The van der Waals surface area contributed by atoms with Crippen molar-refractivity contribution in [2.24, 2.45) is 5.10 Å². The first-order chi connectivity index (χ1) is 17.5. The minimum atomic E-state index is -1.01. The number of carbonyl (C=O) groups excluding carboxylic acids is 2. The van der Waals surface area contributed by atoms with E-state index in [4.69, 9.17) is 14.2 Å². The lowest BCUT2D eigenvalue weighted by Gasteiger charge is -2.29. The minimum Gasteiger partial charge on any atom is -0.493 e. The molecule has 0 radical (unpaired) electrons. The van der Waals surface area contributed by atoms with Gasteiger partial charge in [-0.3, -0.25) is 9.78 Å². The predicted molar refractivity (Wildman–Crippen MR) is 131 cm³/mol. The molecule has 0 fully saturated rings. The van der Waals surface area contributed by atoms with E-state index in [-0.39, 0.29) is 18.2 Å². The Bertz CT molecular complexity index is 1250. The number of methoxy groups -OCH3 is 1. The molecular formula is C26H25FN4O5. The number of nitrogens with zero attached hydrogens (tertiary/aromatic N) is 3. The van der Waals surface area contributed by atoms with Crippen LogP contribution in [-0.4, -0.2) is 47.8 Å². The number of ether oxygens (including phenoxy) is 3. The number of carbonyl (C=O) groups is 2. The Labute approximate surface area is 207 Å². The van der Waals surface area contributed by atoms with Gasteiger partial charge in [0.1, 0.15) is 11.8 Å². The molecule has 2 heterocycles. The van der Waals surface area contributed by atoms with Crippen LogP contribution in [0.2, 0.25) is 0 Å². The van der Waals surface area contributed by atoms with Crippen molar-refractivity contribution in [3.05, 3.63) is 83.7 Å². The number of aromatic nitrogens is 1. The summed E-state index contributed by atoms with van der Waals surface area (Å²) in [6, 6.07) is 15.3. The van der Waals surface area contributed by atoms with Crippen LogP contribution >= 0.6 is 0 Å². The van der Waals surface area contributed by atoms with Gasteiger partial charge in [0.15, 0.2) is 11.5 Å². The average Bonchev–Trinajstić information content (AvgIpc) is 2.91. The smallest absolute Gasteiger partial charge is 0.431 e. The molecular weight excluding hydrogens is 467 g/mol. The van der Waals surface area contributed by atoms with E-state index in [1.807, 2.05) is 6.92 Å². The normalized spacial score (nSPS) is 15.1. The highest BCUT2D eigenvalue weighted by Gasteiger charge is 2.31. The molecule has 1 unspecified atom stereocenters. The van der Waals surface area contributed by atoms with Gasteiger partial charge in [-0.1, -0.05) is 19.1 Å². The van der Waals surface area contributed by atoms with Crippen LogP contribution in [0.3, 0.4) is 0 Å². The number of hydrogen-bond acceptors (Lipinski definition) is 7. The van der Waals surface area contributed by atoms with Gasteiger partial charge >= 0.3 is 6.09 Å². The van der Waals surface area contributed by atoms with Crippen molar-refractivity contribution >= 4 is 23.4 Å². The van der Waals surface area contributed by atoms with E-state index in [0.29, 0.717) is 34.7 Å². The molecule has 186 valence electrons. The number of nitrogens with one attached hydrogen (secondary N) is 1. The van der Waals surface area contributed by atoms with Crippen LogP contribution in [0.15, 0.2) is 72.1 Å². The SMILES string of the molecule is CCC1OC(=O)N(Cc2ccc(NC(=O)c3ccncc3)cc2)N=C1c1ccc(OC)c(OCF)c1. The standard InChI is InChI=1S/C26H25FN4O5/c1-3-21-24(19-6-9-22(34-2)23(14-19)35-16-27)30-31(26(33)36-21)15-17-4-7-20(8-5-17)29-25(32)18-10-12-28-13-11-18/h4-14,21H,3,15-16H2,1-2H3,(H,29,32). The lowest BCUT2D eigenvalue weighted by Crippen LogP contribution is -2.41. The summed E-state index contributed by atoms with van der Waals surface area (Å²) in [5, 5.41) is 8.60. The third-order valence-corrected chi connectivity index (χ3v) is 5.51. The van der Waals surface area contributed by atoms with Crippen molar-refractivity contribution in [3.63, 3.8) is 0 Å². The van der Waals surface area contributed by atoms with E-state index in [1.54, 1.807) is 67.0 Å². The molecule has 0 spiro atoms. The molecule has 0 bridgehead atoms. The molecule has 2 aromatic carbocycles. The summed E-state index contributed by atoms with van der Waals surface area (Å²) >= 11 is 0. The molecule has 10 heteroatoms.